The van der Waals surface area contributed by atoms with Crippen molar-refractivity contribution in [2.75, 3.05) is 5.32 Å². The molecule has 5 rings (SSSR count). The molecule has 162 valence electrons. The predicted octanol–water partition coefficient (Wildman–Crippen LogP) is 4.47. The van der Waals surface area contributed by atoms with Crippen molar-refractivity contribution in [1.82, 2.24) is 14.9 Å². The molecule has 2 amide bonds. The minimum atomic E-state index is -0.872. The van der Waals surface area contributed by atoms with Gasteiger partial charge in [-0.1, -0.05) is 36.8 Å². The number of aryl methyl sites for hydroxylation is 2. The van der Waals surface area contributed by atoms with Crippen LogP contribution in [-0.4, -0.2) is 21.4 Å². The average molecular weight is 428 g/mol. The van der Waals surface area contributed by atoms with Crippen LogP contribution in [0.2, 0.25) is 0 Å². The highest BCUT2D eigenvalue weighted by molar-refractivity contribution is 6.01. The molecule has 0 radical (unpaired) electrons. The molecule has 0 saturated carbocycles. The van der Waals surface area contributed by atoms with Gasteiger partial charge in [-0.05, 0) is 48.7 Å². The van der Waals surface area contributed by atoms with Gasteiger partial charge in [-0.3, -0.25) is 9.59 Å². The second-order valence-corrected chi connectivity index (χ2v) is 7.98. The number of hydrogen-bond donors (Lipinski definition) is 2. The van der Waals surface area contributed by atoms with Crippen LogP contribution >= 0.6 is 0 Å². The summed E-state index contributed by atoms with van der Waals surface area (Å²) in [4.78, 5) is 30.6. The Balaban J connectivity index is 1.40. The Bertz CT molecular complexity index is 1250. The number of amides is 2. The largest absolute Gasteiger partial charge is 0.459 e. The molecule has 2 N–H and O–H groups in total. The molecule has 4 aromatic rings. The van der Waals surface area contributed by atoms with E-state index >= 15 is 0 Å². The highest BCUT2D eigenvalue weighted by atomic mass is 16.3. The van der Waals surface area contributed by atoms with Crippen LogP contribution < -0.4 is 10.6 Å². The van der Waals surface area contributed by atoms with E-state index in [-0.39, 0.29) is 11.7 Å². The summed E-state index contributed by atoms with van der Waals surface area (Å²) in [5, 5.41) is 5.72. The molecule has 0 aliphatic carbocycles. The fourth-order valence-electron chi connectivity index (χ4n) is 4.20. The maximum absolute atomic E-state index is 13.2. The van der Waals surface area contributed by atoms with Gasteiger partial charge in [-0.15, -0.1) is 0 Å². The molecular weight excluding hydrogens is 404 g/mol. The molecule has 1 unspecified atom stereocenters. The van der Waals surface area contributed by atoms with Crippen molar-refractivity contribution in [3.8, 4) is 0 Å². The Hall–Kier alpha value is -3.87. The molecule has 0 fully saturated rings. The average Bonchev–Trinajstić information content (AvgIpc) is 3.40. The van der Waals surface area contributed by atoms with Crippen molar-refractivity contribution < 1.29 is 14.0 Å². The monoisotopic (exact) mass is 428 g/mol. The zero-order valence-electron chi connectivity index (χ0n) is 17.6. The summed E-state index contributed by atoms with van der Waals surface area (Å²) < 4.78 is 7.45. The van der Waals surface area contributed by atoms with Crippen molar-refractivity contribution in [3.63, 3.8) is 0 Å². The maximum atomic E-state index is 13.2. The smallest absolute Gasteiger partial charge is 0.287 e. The van der Waals surface area contributed by atoms with Gasteiger partial charge in [0.15, 0.2) is 5.76 Å². The number of imidazole rings is 1. The second kappa shape index (κ2) is 8.70. The van der Waals surface area contributed by atoms with Gasteiger partial charge in [-0.2, -0.15) is 0 Å². The summed E-state index contributed by atoms with van der Waals surface area (Å²) in [5.41, 5.74) is 3.28. The molecular formula is C25H24N4O3. The lowest BCUT2D eigenvalue weighted by atomic mass is 10.1. The minimum absolute atomic E-state index is 0.152. The predicted molar refractivity (Wildman–Crippen MR) is 121 cm³/mol. The van der Waals surface area contributed by atoms with Crippen LogP contribution in [0.4, 0.5) is 5.69 Å². The fraction of sp³-hybridized carbons (Fsp3) is 0.240. The highest BCUT2D eigenvalue weighted by Gasteiger charge is 2.25. The van der Waals surface area contributed by atoms with Crippen molar-refractivity contribution in [2.45, 2.75) is 38.3 Å². The first-order valence-corrected chi connectivity index (χ1v) is 10.9. The number of fused-ring (bicyclic) bond motifs is 3. The van der Waals surface area contributed by atoms with Crippen LogP contribution in [0.15, 0.2) is 71.3 Å². The topological polar surface area (TPSA) is 89.2 Å². The lowest BCUT2D eigenvalue weighted by Gasteiger charge is -2.18. The van der Waals surface area contributed by atoms with E-state index in [9.17, 15) is 9.59 Å². The van der Waals surface area contributed by atoms with Crippen LogP contribution in [0.1, 0.15) is 47.2 Å². The number of anilines is 1. The number of nitrogens with zero attached hydrogens (tertiary/aromatic N) is 2. The summed E-state index contributed by atoms with van der Waals surface area (Å²) in [5.74, 6) is 0.469. The van der Waals surface area contributed by atoms with E-state index in [1.165, 1.54) is 12.7 Å². The van der Waals surface area contributed by atoms with Gasteiger partial charge in [0.05, 0.1) is 17.3 Å². The first-order chi connectivity index (χ1) is 15.7. The number of aromatic nitrogens is 2. The standard InChI is InChI=1S/C25H24N4O3/c30-24(21-10-7-15-32-21)28-23(17-8-3-1-4-9-17)25(31)26-18-12-13-20-19(16-18)27-22-11-5-2-6-14-29(20)22/h1,3-4,7-10,12-13,15-16,23H,2,5-6,11,14H2,(H,26,31)(H,28,30). The minimum Gasteiger partial charge on any atom is -0.459 e. The molecule has 2 aromatic carbocycles. The van der Waals surface area contributed by atoms with E-state index in [2.05, 4.69) is 15.2 Å². The van der Waals surface area contributed by atoms with Crippen LogP contribution in [0.3, 0.4) is 0 Å². The number of hydrogen-bond acceptors (Lipinski definition) is 4. The van der Waals surface area contributed by atoms with E-state index in [1.54, 1.807) is 12.1 Å². The molecule has 3 heterocycles. The highest BCUT2D eigenvalue weighted by Crippen LogP contribution is 2.25. The van der Waals surface area contributed by atoms with Gasteiger partial charge >= 0.3 is 0 Å². The molecule has 1 aliphatic rings. The van der Waals surface area contributed by atoms with E-state index in [4.69, 9.17) is 9.40 Å². The SMILES string of the molecule is O=C(NC(C(=O)Nc1ccc2c(c1)nc1n2CCCCC1)c1ccccc1)c1ccco1. The molecule has 0 bridgehead atoms. The summed E-state index contributed by atoms with van der Waals surface area (Å²) >= 11 is 0. The van der Waals surface area contributed by atoms with E-state index in [0.29, 0.717) is 11.3 Å². The number of carbonyl (C=O) groups excluding carboxylic acids is 2. The first-order valence-electron chi connectivity index (χ1n) is 10.9. The Morgan fingerprint density at radius 3 is 2.69 bits per heavy atom. The maximum Gasteiger partial charge on any atom is 0.287 e. The molecule has 7 nitrogen and oxygen atoms in total. The van der Waals surface area contributed by atoms with Gasteiger partial charge in [0.1, 0.15) is 11.9 Å². The summed E-state index contributed by atoms with van der Waals surface area (Å²) in [6, 6.07) is 17.3. The van der Waals surface area contributed by atoms with Crippen LogP contribution in [0.5, 0.6) is 0 Å². The lowest BCUT2D eigenvalue weighted by Crippen LogP contribution is -2.36. The van der Waals surface area contributed by atoms with Gasteiger partial charge in [0, 0.05) is 18.7 Å². The summed E-state index contributed by atoms with van der Waals surface area (Å²) in [6.07, 6.45) is 5.94. The normalized spacial score (nSPS) is 14.4. The quantitative estimate of drug-likeness (QED) is 0.491. The Kier molecular flexibility index (Phi) is 5.46. The number of benzene rings is 2. The van der Waals surface area contributed by atoms with Crippen molar-refractivity contribution in [1.29, 1.82) is 0 Å². The molecule has 7 heteroatoms. The molecule has 1 atom stereocenters. The second-order valence-electron chi connectivity index (χ2n) is 7.98. The molecule has 32 heavy (non-hydrogen) atoms. The van der Waals surface area contributed by atoms with E-state index < -0.39 is 11.9 Å². The van der Waals surface area contributed by atoms with Gasteiger partial charge in [0.25, 0.3) is 11.8 Å². The number of nitrogens with one attached hydrogen (secondary N) is 2. The van der Waals surface area contributed by atoms with E-state index in [0.717, 1.165) is 42.7 Å². The summed E-state index contributed by atoms with van der Waals surface area (Å²) in [6.45, 7) is 0.979. The zero-order valence-corrected chi connectivity index (χ0v) is 17.6. The van der Waals surface area contributed by atoms with Crippen LogP contribution in [0, 0.1) is 0 Å². The number of rotatable bonds is 5. The van der Waals surface area contributed by atoms with Crippen molar-refractivity contribution in [3.05, 3.63) is 84.1 Å². The Morgan fingerprint density at radius 2 is 1.88 bits per heavy atom. The molecule has 2 aromatic heterocycles. The van der Waals surface area contributed by atoms with E-state index in [1.807, 2.05) is 48.5 Å². The third-order valence-corrected chi connectivity index (χ3v) is 5.79. The fourth-order valence-corrected chi connectivity index (χ4v) is 4.20. The zero-order chi connectivity index (χ0) is 21.9. The van der Waals surface area contributed by atoms with Crippen molar-refractivity contribution in [2.24, 2.45) is 0 Å². The number of carbonyl (C=O) groups is 2. The first kappa shape index (κ1) is 20.1. The molecule has 0 saturated heterocycles. The van der Waals surface area contributed by atoms with Crippen LogP contribution in [-0.2, 0) is 17.8 Å². The number of furan rings is 1. The van der Waals surface area contributed by atoms with Gasteiger partial charge < -0.3 is 19.6 Å². The van der Waals surface area contributed by atoms with Crippen molar-refractivity contribution >= 4 is 28.5 Å². The van der Waals surface area contributed by atoms with Gasteiger partial charge in [-0.25, -0.2) is 4.98 Å². The molecule has 0 spiro atoms. The lowest BCUT2D eigenvalue weighted by molar-refractivity contribution is -0.118. The van der Waals surface area contributed by atoms with Gasteiger partial charge in [0.2, 0.25) is 0 Å². The Morgan fingerprint density at radius 1 is 1.00 bits per heavy atom. The summed E-state index contributed by atoms with van der Waals surface area (Å²) in [7, 11) is 0. The third-order valence-electron chi connectivity index (χ3n) is 5.79. The third kappa shape index (κ3) is 4.01. The van der Waals surface area contributed by atoms with Crippen LogP contribution in [0.25, 0.3) is 11.0 Å². The Labute approximate surface area is 185 Å². The molecule has 1 aliphatic heterocycles.